The third kappa shape index (κ3) is 3.08. The molecule has 0 saturated heterocycles. The zero-order valence-corrected chi connectivity index (χ0v) is 16.5. The number of thioether (sulfide) groups is 1. The minimum Gasteiger partial charge on any atom is -0.298 e. The Labute approximate surface area is 156 Å². The smallest absolute Gasteiger partial charge is 0.263 e. The average Bonchev–Trinajstić information content (AvgIpc) is 2.94. The van der Waals surface area contributed by atoms with Crippen molar-refractivity contribution in [3.05, 3.63) is 20.8 Å². The van der Waals surface area contributed by atoms with E-state index in [1.807, 2.05) is 6.92 Å². The molecule has 2 aromatic heterocycles. The molecule has 4 nitrogen and oxygen atoms in total. The van der Waals surface area contributed by atoms with Crippen molar-refractivity contribution < 1.29 is 4.79 Å². The van der Waals surface area contributed by atoms with Crippen LogP contribution in [-0.4, -0.2) is 20.6 Å². The molecule has 2 unspecified atom stereocenters. The maximum absolute atomic E-state index is 13.1. The number of ketones is 1. The van der Waals surface area contributed by atoms with E-state index in [2.05, 4.69) is 6.92 Å². The van der Waals surface area contributed by atoms with Crippen LogP contribution in [0.15, 0.2) is 9.95 Å². The fourth-order valence-electron chi connectivity index (χ4n) is 3.98. The molecule has 2 heterocycles. The van der Waals surface area contributed by atoms with Gasteiger partial charge in [0.25, 0.3) is 5.56 Å². The van der Waals surface area contributed by atoms with Crippen LogP contribution in [0.4, 0.5) is 0 Å². The number of rotatable bonds is 3. The number of fused-ring (bicyclic) bond motifs is 3. The summed E-state index contributed by atoms with van der Waals surface area (Å²) >= 11 is 3.20. The van der Waals surface area contributed by atoms with E-state index in [1.165, 1.54) is 22.2 Å². The number of Topliss-reactive ketones (excluding diaryl/α,β-unsaturated/α-hetero) is 1. The molecule has 4 rings (SSSR count). The Hall–Kier alpha value is -1.14. The predicted molar refractivity (Wildman–Crippen MR) is 104 cm³/mol. The number of hydrogen-bond donors (Lipinski definition) is 0. The summed E-state index contributed by atoms with van der Waals surface area (Å²) in [6, 6.07) is 0. The molecule has 0 bridgehead atoms. The van der Waals surface area contributed by atoms with Gasteiger partial charge in [0.15, 0.2) is 5.16 Å². The highest BCUT2D eigenvalue weighted by atomic mass is 32.2. The number of nitrogens with zero attached hydrogens (tertiary/aromatic N) is 2. The Morgan fingerprint density at radius 2 is 2.08 bits per heavy atom. The third-order valence-corrected chi connectivity index (χ3v) is 7.90. The zero-order chi connectivity index (χ0) is 17.6. The van der Waals surface area contributed by atoms with E-state index in [9.17, 15) is 9.59 Å². The summed E-state index contributed by atoms with van der Waals surface area (Å²) in [6.07, 6.45) is 6.86. The second kappa shape index (κ2) is 6.88. The molecule has 0 spiro atoms. The Balaban J connectivity index is 1.80. The fourth-order valence-corrected chi connectivity index (χ4v) is 6.68. The van der Waals surface area contributed by atoms with Crippen molar-refractivity contribution >= 4 is 39.1 Å². The topological polar surface area (TPSA) is 52.0 Å². The molecule has 6 heteroatoms. The normalized spacial score (nSPS) is 23.8. The van der Waals surface area contributed by atoms with E-state index in [-0.39, 0.29) is 10.8 Å². The molecular weight excluding hydrogens is 352 g/mol. The van der Waals surface area contributed by atoms with Gasteiger partial charge < -0.3 is 0 Å². The summed E-state index contributed by atoms with van der Waals surface area (Å²) in [7, 11) is 0. The summed E-state index contributed by atoms with van der Waals surface area (Å²) in [6.45, 7) is 4.87. The molecule has 134 valence electrons. The van der Waals surface area contributed by atoms with Gasteiger partial charge in [-0.05, 0) is 50.5 Å². The molecule has 2 aliphatic rings. The summed E-state index contributed by atoms with van der Waals surface area (Å²) in [5.41, 5.74) is 1.33. The fraction of sp³-hybridized carbons (Fsp3) is 0.632. The van der Waals surface area contributed by atoms with Gasteiger partial charge in [0.2, 0.25) is 0 Å². The summed E-state index contributed by atoms with van der Waals surface area (Å²) < 4.78 is 1.78. The Bertz CT molecular complexity index is 884. The summed E-state index contributed by atoms with van der Waals surface area (Å²) in [5.74, 6) is 0.996. The lowest BCUT2D eigenvalue weighted by Gasteiger charge is -2.21. The lowest BCUT2D eigenvalue weighted by molar-refractivity contribution is -0.119. The van der Waals surface area contributed by atoms with Crippen LogP contribution in [0.1, 0.15) is 56.4 Å². The molecule has 25 heavy (non-hydrogen) atoms. The number of hydrogen-bond acceptors (Lipinski definition) is 5. The van der Waals surface area contributed by atoms with Gasteiger partial charge in [-0.2, -0.15) is 0 Å². The zero-order valence-electron chi connectivity index (χ0n) is 14.8. The van der Waals surface area contributed by atoms with Gasteiger partial charge in [-0.15, -0.1) is 11.3 Å². The van der Waals surface area contributed by atoms with Crippen LogP contribution in [0.3, 0.4) is 0 Å². The summed E-state index contributed by atoms with van der Waals surface area (Å²) in [5, 5.41) is 1.53. The van der Waals surface area contributed by atoms with E-state index < -0.39 is 0 Å². The Morgan fingerprint density at radius 1 is 1.24 bits per heavy atom. The molecular formula is C19H24N2O2S2. The van der Waals surface area contributed by atoms with Crippen LogP contribution in [0.5, 0.6) is 0 Å². The van der Waals surface area contributed by atoms with Gasteiger partial charge in [0.1, 0.15) is 10.6 Å². The lowest BCUT2D eigenvalue weighted by Crippen LogP contribution is -2.26. The quantitative estimate of drug-likeness (QED) is 0.753. The second-order valence-electron chi connectivity index (χ2n) is 7.29. The van der Waals surface area contributed by atoms with Crippen molar-refractivity contribution in [2.75, 3.05) is 0 Å². The molecule has 0 N–H and O–H groups in total. The number of carbonyl (C=O) groups is 1. The van der Waals surface area contributed by atoms with Crippen molar-refractivity contribution in [2.45, 2.75) is 75.7 Å². The van der Waals surface area contributed by atoms with E-state index in [0.717, 1.165) is 53.9 Å². The Kier molecular flexibility index (Phi) is 4.75. The first-order chi connectivity index (χ1) is 12.1. The van der Waals surface area contributed by atoms with Crippen LogP contribution in [-0.2, 0) is 24.2 Å². The molecule has 0 aromatic carbocycles. The first-order valence-corrected chi connectivity index (χ1v) is 11.0. The van der Waals surface area contributed by atoms with Crippen LogP contribution < -0.4 is 5.56 Å². The first kappa shape index (κ1) is 17.3. The number of aromatic nitrogens is 2. The number of thiophene rings is 1. The predicted octanol–water partition coefficient (Wildman–Crippen LogP) is 4.21. The molecule has 0 aliphatic heterocycles. The van der Waals surface area contributed by atoms with E-state index in [0.29, 0.717) is 24.7 Å². The van der Waals surface area contributed by atoms with Crippen LogP contribution in [0.2, 0.25) is 0 Å². The minimum atomic E-state index is -0.0366. The monoisotopic (exact) mass is 376 g/mol. The molecule has 1 saturated carbocycles. The van der Waals surface area contributed by atoms with Gasteiger partial charge in [-0.25, -0.2) is 4.98 Å². The van der Waals surface area contributed by atoms with E-state index in [1.54, 1.807) is 15.9 Å². The van der Waals surface area contributed by atoms with E-state index >= 15 is 0 Å². The van der Waals surface area contributed by atoms with Crippen molar-refractivity contribution in [1.82, 2.24) is 9.55 Å². The molecule has 2 aromatic rings. The molecule has 0 amide bonds. The highest BCUT2D eigenvalue weighted by Crippen LogP contribution is 2.37. The minimum absolute atomic E-state index is 0.0366. The van der Waals surface area contributed by atoms with Crippen molar-refractivity contribution in [2.24, 2.45) is 5.92 Å². The van der Waals surface area contributed by atoms with Gasteiger partial charge in [-0.1, -0.05) is 25.1 Å². The van der Waals surface area contributed by atoms with Gasteiger partial charge in [0, 0.05) is 17.8 Å². The first-order valence-electron chi connectivity index (χ1n) is 9.33. The highest BCUT2D eigenvalue weighted by Gasteiger charge is 2.28. The van der Waals surface area contributed by atoms with E-state index in [4.69, 9.17) is 4.98 Å². The Morgan fingerprint density at radius 3 is 2.84 bits per heavy atom. The number of carbonyl (C=O) groups excluding carboxylic acids is 1. The van der Waals surface area contributed by atoms with Gasteiger partial charge >= 0.3 is 0 Å². The molecule has 2 atom stereocenters. The van der Waals surface area contributed by atoms with Gasteiger partial charge in [0.05, 0.1) is 10.6 Å². The van der Waals surface area contributed by atoms with Crippen molar-refractivity contribution in [3.63, 3.8) is 0 Å². The highest BCUT2D eigenvalue weighted by molar-refractivity contribution is 8.00. The lowest BCUT2D eigenvalue weighted by atomic mass is 9.89. The standard InChI is InChI=1S/C19H24N2O2S2/c1-3-21-18(23)16-12-9-8-11(2)10-15(12)24-17(16)20-19(21)25-14-7-5-4-6-13(14)22/h11,14H,3-10H2,1-2H3. The summed E-state index contributed by atoms with van der Waals surface area (Å²) in [4.78, 5) is 32.4. The third-order valence-electron chi connectivity index (χ3n) is 5.44. The second-order valence-corrected chi connectivity index (χ2v) is 9.55. The van der Waals surface area contributed by atoms with Gasteiger partial charge in [-0.3, -0.25) is 14.2 Å². The van der Waals surface area contributed by atoms with Crippen LogP contribution >= 0.6 is 23.1 Å². The number of aryl methyl sites for hydroxylation is 1. The molecule has 0 radical (unpaired) electrons. The van der Waals surface area contributed by atoms with Crippen LogP contribution in [0, 0.1) is 5.92 Å². The van der Waals surface area contributed by atoms with Crippen molar-refractivity contribution in [1.29, 1.82) is 0 Å². The molecule has 2 aliphatic carbocycles. The maximum Gasteiger partial charge on any atom is 0.263 e. The molecule has 1 fully saturated rings. The van der Waals surface area contributed by atoms with Crippen molar-refractivity contribution in [3.8, 4) is 0 Å². The SMILES string of the molecule is CCn1c(SC2CCCCC2=O)nc2sc3c(c2c1=O)CCC(C)C3. The largest absolute Gasteiger partial charge is 0.298 e. The van der Waals surface area contributed by atoms with Crippen LogP contribution in [0.25, 0.3) is 10.2 Å². The maximum atomic E-state index is 13.1. The average molecular weight is 377 g/mol.